The van der Waals surface area contributed by atoms with Crippen molar-refractivity contribution >= 4 is 0 Å². The van der Waals surface area contributed by atoms with Gasteiger partial charge in [-0.1, -0.05) is 0 Å². The molecule has 1 atom stereocenters. The molecule has 2 aromatic heterocycles. The molecule has 0 saturated heterocycles. The van der Waals surface area contributed by atoms with Crippen molar-refractivity contribution in [1.29, 1.82) is 0 Å². The predicted molar refractivity (Wildman–Crippen MR) is 69.8 cm³/mol. The Morgan fingerprint density at radius 1 is 1.44 bits per heavy atom. The van der Waals surface area contributed by atoms with Gasteiger partial charge in [0.2, 0.25) is 0 Å². The average Bonchev–Trinajstić information content (AvgIpc) is 2.94. The zero-order chi connectivity index (χ0) is 12.7. The van der Waals surface area contributed by atoms with Crippen LogP contribution in [0.3, 0.4) is 0 Å². The Balaban J connectivity index is 2.01. The highest BCUT2D eigenvalue weighted by atomic mass is 16.3. The molecule has 0 bridgehead atoms. The summed E-state index contributed by atoms with van der Waals surface area (Å²) in [6, 6.07) is 2.40. The van der Waals surface area contributed by atoms with Gasteiger partial charge < -0.3 is 9.67 Å². The highest BCUT2D eigenvalue weighted by molar-refractivity contribution is 5.37. The first-order valence-corrected chi connectivity index (χ1v) is 6.59. The lowest BCUT2D eigenvalue weighted by atomic mass is 9.95. The van der Waals surface area contributed by atoms with Crippen LogP contribution in [0.4, 0.5) is 0 Å². The van der Waals surface area contributed by atoms with Gasteiger partial charge in [0.25, 0.3) is 0 Å². The minimum Gasteiger partial charge on any atom is -0.388 e. The summed E-state index contributed by atoms with van der Waals surface area (Å²) in [7, 11) is 0. The van der Waals surface area contributed by atoms with Gasteiger partial charge in [-0.05, 0) is 39.2 Å². The summed E-state index contributed by atoms with van der Waals surface area (Å²) in [5.41, 5.74) is 3.40. The van der Waals surface area contributed by atoms with Crippen LogP contribution in [0.15, 0.2) is 24.7 Å². The first kappa shape index (κ1) is 11.5. The molecular formula is C14H19N3O. The zero-order valence-corrected chi connectivity index (χ0v) is 10.9. The molecule has 96 valence electrons. The van der Waals surface area contributed by atoms with Crippen molar-refractivity contribution in [2.24, 2.45) is 0 Å². The Bertz CT molecular complexity index is 553. The highest BCUT2D eigenvalue weighted by Gasteiger charge is 2.22. The van der Waals surface area contributed by atoms with Crippen molar-refractivity contribution in [1.82, 2.24) is 14.3 Å². The van der Waals surface area contributed by atoms with Crippen molar-refractivity contribution < 1.29 is 5.11 Å². The second kappa shape index (κ2) is 4.28. The van der Waals surface area contributed by atoms with Gasteiger partial charge in [-0.15, -0.1) is 0 Å². The van der Waals surface area contributed by atoms with Crippen LogP contribution >= 0.6 is 0 Å². The van der Waals surface area contributed by atoms with E-state index in [9.17, 15) is 5.11 Å². The molecule has 2 heterocycles. The van der Waals surface area contributed by atoms with E-state index in [1.807, 2.05) is 23.1 Å². The summed E-state index contributed by atoms with van der Waals surface area (Å²) in [6.45, 7) is 4.23. The Kier molecular flexibility index (Phi) is 2.74. The maximum Gasteiger partial charge on any atom is 0.0835 e. The van der Waals surface area contributed by atoms with E-state index in [2.05, 4.69) is 29.7 Å². The van der Waals surface area contributed by atoms with E-state index in [0.717, 1.165) is 30.5 Å². The zero-order valence-electron chi connectivity index (χ0n) is 10.9. The number of fused-ring (bicyclic) bond motifs is 1. The van der Waals surface area contributed by atoms with Crippen molar-refractivity contribution in [3.05, 3.63) is 35.9 Å². The lowest BCUT2D eigenvalue weighted by Gasteiger charge is -2.19. The SMILES string of the molecule is CC(C)n1cc(-n2ccc3c2CCCC3O)cn1. The second-order valence-electron chi connectivity index (χ2n) is 5.27. The molecule has 4 nitrogen and oxygen atoms in total. The fraction of sp³-hybridized carbons (Fsp3) is 0.500. The van der Waals surface area contributed by atoms with Gasteiger partial charge in [-0.2, -0.15) is 5.10 Å². The molecule has 1 aliphatic rings. The van der Waals surface area contributed by atoms with Crippen LogP contribution < -0.4 is 0 Å². The quantitative estimate of drug-likeness (QED) is 0.883. The number of hydrogen-bond donors (Lipinski definition) is 1. The molecule has 1 N–H and O–H groups in total. The van der Waals surface area contributed by atoms with E-state index in [4.69, 9.17) is 0 Å². The van der Waals surface area contributed by atoms with Crippen LogP contribution in [0.2, 0.25) is 0 Å². The van der Waals surface area contributed by atoms with Crippen LogP contribution in [0, 0.1) is 0 Å². The fourth-order valence-corrected chi connectivity index (χ4v) is 2.64. The smallest absolute Gasteiger partial charge is 0.0835 e. The highest BCUT2D eigenvalue weighted by Crippen LogP contribution is 2.31. The lowest BCUT2D eigenvalue weighted by molar-refractivity contribution is 0.156. The van der Waals surface area contributed by atoms with E-state index in [1.165, 1.54) is 5.69 Å². The number of nitrogens with zero attached hydrogens (tertiary/aromatic N) is 3. The fourth-order valence-electron chi connectivity index (χ4n) is 2.64. The van der Waals surface area contributed by atoms with Gasteiger partial charge in [-0.25, -0.2) is 0 Å². The molecule has 1 aliphatic carbocycles. The molecule has 1 unspecified atom stereocenters. The third kappa shape index (κ3) is 1.77. The monoisotopic (exact) mass is 245 g/mol. The van der Waals surface area contributed by atoms with Crippen LogP contribution in [-0.2, 0) is 6.42 Å². The largest absolute Gasteiger partial charge is 0.388 e. The molecule has 18 heavy (non-hydrogen) atoms. The molecular weight excluding hydrogens is 226 g/mol. The Morgan fingerprint density at radius 3 is 3.00 bits per heavy atom. The molecule has 0 spiro atoms. The third-order valence-electron chi connectivity index (χ3n) is 3.67. The molecule has 0 aromatic carbocycles. The van der Waals surface area contributed by atoms with E-state index in [0.29, 0.717) is 6.04 Å². The standard InChI is InChI=1S/C14H19N3O/c1-10(2)17-9-11(8-15-17)16-7-6-12-13(16)4-3-5-14(12)18/h6-10,14,18H,3-5H2,1-2H3. The molecule has 4 heteroatoms. The van der Waals surface area contributed by atoms with Gasteiger partial charge in [0.05, 0.1) is 18.0 Å². The Labute approximate surface area is 107 Å². The van der Waals surface area contributed by atoms with Crippen molar-refractivity contribution in [2.45, 2.75) is 45.3 Å². The second-order valence-corrected chi connectivity index (χ2v) is 5.27. The van der Waals surface area contributed by atoms with E-state index in [-0.39, 0.29) is 6.10 Å². The van der Waals surface area contributed by atoms with E-state index < -0.39 is 0 Å². The van der Waals surface area contributed by atoms with Crippen molar-refractivity contribution in [3.8, 4) is 5.69 Å². The lowest BCUT2D eigenvalue weighted by Crippen LogP contribution is -2.10. The average molecular weight is 245 g/mol. The van der Waals surface area contributed by atoms with Gasteiger partial charge >= 0.3 is 0 Å². The molecule has 0 aliphatic heterocycles. The maximum absolute atomic E-state index is 9.98. The summed E-state index contributed by atoms with van der Waals surface area (Å²) in [4.78, 5) is 0. The number of rotatable bonds is 2. The topological polar surface area (TPSA) is 43.0 Å². The third-order valence-corrected chi connectivity index (χ3v) is 3.67. The molecule has 0 fully saturated rings. The van der Waals surface area contributed by atoms with Crippen LogP contribution in [0.25, 0.3) is 5.69 Å². The van der Waals surface area contributed by atoms with Gasteiger partial charge in [0, 0.05) is 29.7 Å². The molecule has 3 rings (SSSR count). The van der Waals surface area contributed by atoms with Gasteiger partial charge in [0.15, 0.2) is 0 Å². The van der Waals surface area contributed by atoms with E-state index >= 15 is 0 Å². The maximum atomic E-state index is 9.98. The minimum absolute atomic E-state index is 0.296. The normalized spacial score (nSPS) is 19.2. The minimum atomic E-state index is -0.296. The summed E-state index contributed by atoms with van der Waals surface area (Å²) in [5, 5.41) is 14.4. The van der Waals surface area contributed by atoms with Crippen molar-refractivity contribution in [2.75, 3.05) is 0 Å². The summed E-state index contributed by atoms with van der Waals surface area (Å²) in [6.07, 6.45) is 8.66. The van der Waals surface area contributed by atoms with E-state index in [1.54, 1.807) is 0 Å². The first-order valence-electron chi connectivity index (χ1n) is 6.59. The number of aromatic nitrogens is 3. The van der Waals surface area contributed by atoms with Crippen LogP contribution in [-0.4, -0.2) is 19.5 Å². The number of aliphatic hydroxyl groups is 1. The molecule has 0 saturated carbocycles. The van der Waals surface area contributed by atoms with Crippen LogP contribution in [0.5, 0.6) is 0 Å². The van der Waals surface area contributed by atoms with Crippen LogP contribution in [0.1, 0.15) is 50.1 Å². The summed E-state index contributed by atoms with van der Waals surface area (Å²) < 4.78 is 4.12. The number of hydrogen-bond acceptors (Lipinski definition) is 2. The Morgan fingerprint density at radius 2 is 2.28 bits per heavy atom. The van der Waals surface area contributed by atoms with Crippen molar-refractivity contribution in [3.63, 3.8) is 0 Å². The predicted octanol–water partition coefficient (Wildman–Crippen LogP) is 2.62. The number of aliphatic hydroxyl groups excluding tert-OH is 1. The molecule has 0 amide bonds. The van der Waals surface area contributed by atoms with Gasteiger partial charge in [-0.3, -0.25) is 4.68 Å². The van der Waals surface area contributed by atoms with Gasteiger partial charge in [0.1, 0.15) is 0 Å². The first-order chi connectivity index (χ1) is 8.66. The summed E-state index contributed by atoms with van der Waals surface area (Å²) in [5.74, 6) is 0. The molecule has 2 aromatic rings. The molecule has 0 radical (unpaired) electrons. The Hall–Kier alpha value is -1.55. The summed E-state index contributed by atoms with van der Waals surface area (Å²) >= 11 is 0.